The molecule has 1 amide bonds. The van der Waals surface area contributed by atoms with Gasteiger partial charge in [-0.1, -0.05) is 0 Å². The van der Waals surface area contributed by atoms with Gasteiger partial charge in [-0.25, -0.2) is 8.78 Å². The highest BCUT2D eigenvalue weighted by Gasteiger charge is 2.26. The first-order chi connectivity index (χ1) is 13.8. The third-order valence-corrected chi connectivity index (χ3v) is 5.57. The predicted molar refractivity (Wildman–Crippen MR) is 106 cm³/mol. The Labute approximate surface area is 172 Å². The smallest absolute Gasteiger partial charge is 0.286 e. The van der Waals surface area contributed by atoms with Crippen LogP contribution in [-0.2, 0) is 0 Å². The van der Waals surface area contributed by atoms with E-state index >= 15 is 4.39 Å². The number of carbonyl (C=O) groups is 1. The van der Waals surface area contributed by atoms with Gasteiger partial charge in [-0.3, -0.25) is 4.79 Å². The van der Waals surface area contributed by atoms with Crippen molar-refractivity contribution in [3.8, 4) is 22.6 Å². The number of ether oxygens (including phenoxy) is 2. The van der Waals surface area contributed by atoms with Crippen molar-refractivity contribution in [3.05, 3.63) is 41.7 Å². The molecule has 4 nitrogen and oxygen atoms in total. The largest absolute Gasteiger partial charge is 0.491 e. The van der Waals surface area contributed by atoms with Crippen LogP contribution < -0.4 is 9.47 Å². The molecule has 156 valence electrons. The molecule has 29 heavy (non-hydrogen) atoms. The van der Waals surface area contributed by atoms with Gasteiger partial charge in [0.15, 0.2) is 23.1 Å². The Balaban J connectivity index is 2.05. The molecule has 1 saturated carbocycles. The van der Waals surface area contributed by atoms with Gasteiger partial charge in [-0.15, -0.1) is 0 Å². The predicted octanol–water partition coefficient (Wildman–Crippen LogP) is 5.73. The van der Waals surface area contributed by atoms with Gasteiger partial charge in [0.2, 0.25) is 5.82 Å². The maximum atomic E-state index is 15.2. The average Bonchev–Trinajstić information content (AvgIpc) is 3.51. The standard InChI is InChI=1S/C21H22F3NO3S/c1-4-27-15-9-7-13(17(22)18(15)23)14-8-10-16(28-11-12-5-6-12)19(24)20(14)29-21(26)25(2)3/h7-10,12H,4-6,11H2,1-3H3. The topological polar surface area (TPSA) is 38.8 Å². The zero-order valence-corrected chi connectivity index (χ0v) is 17.2. The van der Waals surface area contributed by atoms with Crippen molar-refractivity contribution in [1.82, 2.24) is 4.90 Å². The van der Waals surface area contributed by atoms with Crippen molar-refractivity contribution in [2.24, 2.45) is 5.92 Å². The first-order valence-electron chi connectivity index (χ1n) is 9.29. The summed E-state index contributed by atoms with van der Waals surface area (Å²) in [7, 11) is 3.05. The van der Waals surface area contributed by atoms with Crippen LogP contribution in [0.2, 0.25) is 0 Å². The fourth-order valence-corrected chi connectivity index (χ4v) is 3.47. The summed E-state index contributed by atoms with van der Waals surface area (Å²) in [6, 6.07) is 5.42. The molecule has 0 aliphatic heterocycles. The number of hydrogen-bond donors (Lipinski definition) is 0. The lowest BCUT2D eigenvalue weighted by Gasteiger charge is -2.17. The van der Waals surface area contributed by atoms with Crippen molar-refractivity contribution in [2.75, 3.05) is 27.3 Å². The number of rotatable bonds is 7. The lowest BCUT2D eigenvalue weighted by Crippen LogP contribution is -2.16. The van der Waals surface area contributed by atoms with E-state index in [2.05, 4.69) is 0 Å². The molecule has 1 aliphatic rings. The van der Waals surface area contributed by atoms with E-state index in [-0.39, 0.29) is 34.1 Å². The number of carbonyl (C=O) groups excluding carboxylic acids is 1. The molecular weight excluding hydrogens is 403 g/mol. The molecule has 0 aromatic heterocycles. The summed E-state index contributed by atoms with van der Waals surface area (Å²) in [4.78, 5) is 13.4. The molecule has 0 N–H and O–H groups in total. The minimum Gasteiger partial charge on any atom is -0.491 e. The molecular formula is C21H22F3NO3S. The molecule has 0 heterocycles. The quantitative estimate of drug-likeness (QED) is 0.531. The highest BCUT2D eigenvalue weighted by atomic mass is 32.2. The minimum atomic E-state index is -1.17. The van der Waals surface area contributed by atoms with Gasteiger partial charge in [0.1, 0.15) is 0 Å². The second-order valence-corrected chi connectivity index (χ2v) is 7.90. The molecule has 0 bridgehead atoms. The summed E-state index contributed by atoms with van der Waals surface area (Å²) < 4.78 is 54.9. The molecule has 1 fully saturated rings. The summed E-state index contributed by atoms with van der Waals surface area (Å²) in [5.41, 5.74) is -0.0893. The average molecular weight is 425 g/mol. The van der Waals surface area contributed by atoms with Gasteiger partial charge in [0, 0.05) is 25.2 Å². The van der Waals surface area contributed by atoms with Crippen LogP contribution in [0.1, 0.15) is 19.8 Å². The van der Waals surface area contributed by atoms with E-state index in [1.165, 1.54) is 43.3 Å². The number of hydrogen-bond acceptors (Lipinski definition) is 4. The Morgan fingerprint density at radius 1 is 1.00 bits per heavy atom. The van der Waals surface area contributed by atoms with Crippen molar-refractivity contribution >= 4 is 17.0 Å². The van der Waals surface area contributed by atoms with E-state index < -0.39 is 22.7 Å². The van der Waals surface area contributed by atoms with E-state index in [0.717, 1.165) is 12.8 Å². The second kappa shape index (κ2) is 8.98. The fraction of sp³-hybridized carbons (Fsp3) is 0.381. The monoisotopic (exact) mass is 425 g/mol. The van der Waals surface area contributed by atoms with E-state index in [1.807, 2.05) is 0 Å². The fourth-order valence-electron chi connectivity index (χ4n) is 2.64. The molecule has 0 spiro atoms. The van der Waals surface area contributed by atoms with Gasteiger partial charge < -0.3 is 14.4 Å². The first-order valence-corrected chi connectivity index (χ1v) is 10.1. The van der Waals surface area contributed by atoms with Crippen LogP contribution in [0.25, 0.3) is 11.1 Å². The Kier molecular flexibility index (Phi) is 6.62. The van der Waals surface area contributed by atoms with E-state index in [4.69, 9.17) is 9.47 Å². The zero-order valence-electron chi connectivity index (χ0n) is 16.4. The van der Waals surface area contributed by atoms with Crippen molar-refractivity contribution in [2.45, 2.75) is 24.7 Å². The highest BCUT2D eigenvalue weighted by Crippen LogP contribution is 2.41. The van der Waals surface area contributed by atoms with Gasteiger partial charge >= 0.3 is 0 Å². The lowest BCUT2D eigenvalue weighted by atomic mass is 10.0. The number of benzene rings is 2. The van der Waals surface area contributed by atoms with E-state index in [0.29, 0.717) is 24.3 Å². The molecule has 2 aromatic carbocycles. The molecule has 0 atom stereocenters. The molecule has 0 saturated heterocycles. The van der Waals surface area contributed by atoms with Crippen LogP contribution in [-0.4, -0.2) is 37.4 Å². The van der Waals surface area contributed by atoms with Gasteiger partial charge in [0.05, 0.1) is 18.1 Å². The summed E-state index contributed by atoms with van der Waals surface area (Å²) >= 11 is 0.604. The van der Waals surface area contributed by atoms with Crippen LogP contribution in [0.4, 0.5) is 18.0 Å². The van der Waals surface area contributed by atoms with Crippen molar-refractivity contribution < 1.29 is 27.4 Å². The summed E-state index contributed by atoms with van der Waals surface area (Å²) in [5.74, 6) is -2.92. The van der Waals surface area contributed by atoms with Crippen LogP contribution >= 0.6 is 11.8 Å². The van der Waals surface area contributed by atoms with Crippen LogP contribution in [0.15, 0.2) is 29.2 Å². The summed E-state index contributed by atoms with van der Waals surface area (Å²) in [5, 5.41) is -0.448. The molecule has 8 heteroatoms. The van der Waals surface area contributed by atoms with Crippen LogP contribution in [0.5, 0.6) is 11.5 Å². The Morgan fingerprint density at radius 3 is 2.21 bits per heavy atom. The zero-order chi connectivity index (χ0) is 21.1. The number of halogens is 3. The minimum absolute atomic E-state index is 0.0125. The van der Waals surface area contributed by atoms with Gasteiger partial charge in [0.25, 0.3) is 5.24 Å². The molecule has 2 aromatic rings. The third kappa shape index (κ3) is 4.80. The molecule has 0 unspecified atom stereocenters. The highest BCUT2D eigenvalue weighted by molar-refractivity contribution is 8.13. The molecule has 3 rings (SSSR count). The van der Waals surface area contributed by atoms with E-state index in [1.54, 1.807) is 6.92 Å². The Bertz CT molecular complexity index is 917. The van der Waals surface area contributed by atoms with E-state index in [9.17, 15) is 13.6 Å². The van der Waals surface area contributed by atoms with Gasteiger partial charge in [-0.2, -0.15) is 4.39 Å². The molecule has 1 aliphatic carbocycles. The van der Waals surface area contributed by atoms with Crippen LogP contribution in [0, 0.1) is 23.4 Å². The maximum absolute atomic E-state index is 15.2. The van der Waals surface area contributed by atoms with Gasteiger partial charge in [-0.05, 0) is 61.7 Å². The number of amides is 1. The van der Waals surface area contributed by atoms with Crippen LogP contribution in [0.3, 0.4) is 0 Å². The van der Waals surface area contributed by atoms with Crippen molar-refractivity contribution in [1.29, 1.82) is 0 Å². The third-order valence-electron chi connectivity index (χ3n) is 4.42. The number of thioether (sulfide) groups is 1. The molecule has 0 radical (unpaired) electrons. The normalized spacial score (nSPS) is 13.3. The summed E-state index contributed by atoms with van der Waals surface area (Å²) in [6.45, 7) is 2.21. The summed E-state index contributed by atoms with van der Waals surface area (Å²) in [6.07, 6.45) is 2.08. The Morgan fingerprint density at radius 2 is 1.62 bits per heavy atom. The second-order valence-electron chi connectivity index (χ2n) is 6.94. The number of nitrogens with zero attached hydrogens (tertiary/aromatic N) is 1. The van der Waals surface area contributed by atoms with Crippen molar-refractivity contribution in [3.63, 3.8) is 0 Å². The Hall–Kier alpha value is -2.35. The lowest BCUT2D eigenvalue weighted by molar-refractivity contribution is 0.241. The SMILES string of the molecule is CCOc1ccc(-c2ccc(OCC3CC3)c(F)c2SC(=O)N(C)C)c(F)c1F. The first kappa shape index (κ1) is 21.4. The maximum Gasteiger partial charge on any atom is 0.286 e.